The standard InChI is InChI=1S/C14H11F2N3O2/c15-9-6-10(16)12(5-8(9)13(18)20)19-14(21)7-3-1-2-4-11(7)17/h1-6H,17H2,(H2,18,20)(H,19,21). The van der Waals surface area contributed by atoms with Crippen molar-refractivity contribution in [1.29, 1.82) is 0 Å². The summed E-state index contributed by atoms with van der Waals surface area (Å²) in [5.41, 5.74) is 10.0. The van der Waals surface area contributed by atoms with E-state index in [1.807, 2.05) is 0 Å². The number of carbonyl (C=O) groups is 2. The van der Waals surface area contributed by atoms with Crippen LogP contribution in [0.1, 0.15) is 20.7 Å². The molecule has 5 N–H and O–H groups in total. The lowest BCUT2D eigenvalue weighted by Crippen LogP contribution is -2.18. The number of hydrogen-bond acceptors (Lipinski definition) is 3. The van der Waals surface area contributed by atoms with E-state index in [-0.39, 0.29) is 16.9 Å². The molecule has 2 aromatic carbocycles. The van der Waals surface area contributed by atoms with Gasteiger partial charge in [-0.25, -0.2) is 8.78 Å². The van der Waals surface area contributed by atoms with E-state index in [1.165, 1.54) is 12.1 Å². The molecule has 0 heterocycles. The molecule has 2 aromatic rings. The van der Waals surface area contributed by atoms with Crippen LogP contribution in [0.5, 0.6) is 0 Å². The topological polar surface area (TPSA) is 98.2 Å². The molecule has 0 bridgehead atoms. The lowest BCUT2D eigenvalue weighted by Gasteiger charge is -2.09. The molecular formula is C14H11F2N3O2. The second-order valence-electron chi connectivity index (χ2n) is 4.22. The first kappa shape index (κ1) is 14.4. The third kappa shape index (κ3) is 2.97. The molecule has 0 unspecified atom stereocenters. The Morgan fingerprint density at radius 1 is 1.00 bits per heavy atom. The highest BCUT2D eigenvalue weighted by Gasteiger charge is 2.17. The van der Waals surface area contributed by atoms with Crippen molar-refractivity contribution in [2.45, 2.75) is 0 Å². The number of carbonyl (C=O) groups excluding carboxylic acids is 2. The van der Waals surface area contributed by atoms with Crippen LogP contribution in [0.25, 0.3) is 0 Å². The number of amides is 2. The van der Waals surface area contributed by atoms with Crippen LogP contribution in [0, 0.1) is 11.6 Å². The Labute approximate surface area is 118 Å². The molecule has 2 amide bonds. The van der Waals surface area contributed by atoms with Gasteiger partial charge in [-0.3, -0.25) is 9.59 Å². The van der Waals surface area contributed by atoms with E-state index < -0.39 is 29.0 Å². The van der Waals surface area contributed by atoms with Crippen LogP contribution in [0.3, 0.4) is 0 Å². The van der Waals surface area contributed by atoms with Crippen LogP contribution >= 0.6 is 0 Å². The number of benzene rings is 2. The summed E-state index contributed by atoms with van der Waals surface area (Å²) < 4.78 is 27.0. The second kappa shape index (κ2) is 5.58. The van der Waals surface area contributed by atoms with Crippen LogP contribution in [-0.2, 0) is 0 Å². The second-order valence-corrected chi connectivity index (χ2v) is 4.22. The first-order chi connectivity index (χ1) is 9.90. The van der Waals surface area contributed by atoms with Gasteiger partial charge in [0.2, 0.25) is 0 Å². The first-order valence-electron chi connectivity index (χ1n) is 5.85. The maximum Gasteiger partial charge on any atom is 0.257 e. The summed E-state index contributed by atoms with van der Waals surface area (Å²) in [4.78, 5) is 23.0. The number of nitrogens with one attached hydrogen (secondary N) is 1. The van der Waals surface area contributed by atoms with E-state index in [0.29, 0.717) is 6.07 Å². The highest BCUT2D eigenvalue weighted by Crippen LogP contribution is 2.21. The molecule has 0 fully saturated rings. The molecule has 0 radical (unpaired) electrons. The maximum atomic E-state index is 13.6. The Hall–Kier alpha value is -2.96. The van der Waals surface area contributed by atoms with Gasteiger partial charge in [-0.1, -0.05) is 12.1 Å². The third-order valence-electron chi connectivity index (χ3n) is 2.78. The highest BCUT2D eigenvalue weighted by atomic mass is 19.1. The van der Waals surface area contributed by atoms with Crippen molar-refractivity contribution < 1.29 is 18.4 Å². The molecule has 0 aliphatic rings. The summed E-state index contributed by atoms with van der Waals surface area (Å²) in [6, 6.07) is 7.48. The number of hydrogen-bond donors (Lipinski definition) is 3. The molecule has 0 saturated heterocycles. The van der Waals surface area contributed by atoms with E-state index >= 15 is 0 Å². The number of nitrogens with two attached hydrogens (primary N) is 2. The number of rotatable bonds is 3. The average Bonchev–Trinajstić information content (AvgIpc) is 2.41. The van der Waals surface area contributed by atoms with Crippen LogP contribution in [0.2, 0.25) is 0 Å². The number of nitrogen functional groups attached to an aromatic ring is 1. The maximum absolute atomic E-state index is 13.6. The minimum absolute atomic E-state index is 0.127. The normalized spacial score (nSPS) is 10.2. The van der Waals surface area contributed by atoms with Gasteiger partial charge in [-0.15, -0.1) is 0 Å². The minimum Gasteiger partial charge on any atom is -0.398 e. The highest BCUT2D eigenvalue weighted by molar-refractivity contribution is 6.08. The average molecular weight is 291 g/mol. The molecule has 21 heavy (non-hydrogen) atoms. The number of primary amides is 1. The zero-order chi connectivity index (χ0) is 15.6. The molecule has 0 atom stereocenters. The number of para-hydroxylation sites is 1. The van der Waals surface area contributed by atoms with Crippen LogP contribution < -0.4 is 16.8 Å². The molecule has 5 nitrogen and oxygen atoms in total. The lowest BCUT2D eigenvalue weighted by molar-refractivity contribution is 0.0992. The van der Waals surface area contributed by atoms with Gasteiger partial charge in [-0.2, -0.15) is 0 Å². The van der Waals surface area contributed by atoms with Crippen molar-refractivity contribution >= 4 is 23.2 Å². The SMILES string of the molecule is NC(=O)c1cc(NC(=O)c2ccccc2N)c(F)cc1F. The van der Waals surface area contributed by atoms with Gasteiger partial charge in [0.1, 0.15) is 11.6 Å². The van der Waals surface area contributed by atoms with Crippen molar-refractivity contribution in [3.05, 3.63) is 59.2 Å². The summed E-state index contributed by atoms with van der Waals surface area (Å²) in [5, 5.41) is 2.22. The van der Waals surface area contributed by atoms with Gasteiger partial charge in [0.05, 0.1) is 16.8 Å². The Bertz CT molecular complexity index is 732. The van der Waals surface area contributed by atoms with E-state index in [0.717, 1.165) is 6.07 Å². The van der Waals surface area contributed by atoms with E-state index in [1.54, 1.807) is 12.1 Å². The van der Waals surface area contributed by atoms with E-state index in [4.69, 9.17) is 11.5 Å². The van der Waals surface area contributed by atoms with Gasteiger partial charge in [0.15, 0.2) is 0 Å². The molecule has 0 aliphatic heterocycles. The van der Waals surface area contributed by atoms with Crippen LogP contribution in [0.4, 0.5) is 20.2 Å². The molecule has 0 saturated carbocycles. The van der Waals surface area contributed by atoms with Crippen molar-refractivity contribution in [2.24, 2.45) is 5.73 Å². The Morgan fingerprint density at radius 3 is 2.29 bits per heavy atom. The Balaban J connectivity index is 2.36. The van der Waals surface area contributed by atoms with Crippen molar-refractivity contribution in [3.63, 3.8) is 0 Å². The number of anilines is 2. The summed E-state index contributed by atoms with van der Waals surface area (Å²) >= 11 is 0. The van der Waals surface area contributed by atoms with Gasteiger partial charge in [-0.05, 0) is 18.2 Å². The van der Waals surface area contributed by atoms with Crippen molar-refractivity contribution in [3.8, 4) is 0 Å². The predicted molar refractivity (Wildman–Crippen MR) is 73.7 cm³/mol. The first-order valence-corrected chi connectivity index (χ1v) is 5.85. The van der Waals surface area contributed by atoms with Gasteiger partial charge in [0, 0.05) is 11.8 Å². The Morgan fingerprint density at radius 2 is 1.67 bits per heavy atom. The Kier molecular flexibility index (Phi) is 3.84. The quantitative estimate of drug-likeness (QED) is 0.753. The molecule has 0 aromatic heterocycles. The molecule has 7 heteroatoms. The van der Waals surface area contributed by atoms with Crippen molar-refractivity contribution in [1.82, 2.24) is 0 Å². The van der Waals surface area contributed by atoms with Crippen molar-refractivity contribution in [2.75, 3.05) is 11.1 Å². The summed E-state index contributed by atoms with van der Waals surface area (Å²) in [7, 11) is 0. The zero-order valence-corrected chi connectivity index (χ0v) is 10.7. The third-order valence-corrected chi connectivity index (χ3v) is 2.78. The van der Waals surface area contributed by atoms with E-state index in [9.17, 15) is 18.4 Å². The monoisotopic (exact) mass is 291 g/mol. The largest absolute Gasteiger partial charge is 0.398 e. The summed E-state index contributed by atoms with van der Waals surface area (Å²) in [5.74, 6) is -3.88. The fraction of sp³-hybridized carbons (Fsp3) is 0. The molecule has 2 rings (SSSR count). The predicted octanol–water partition coefficient (Wildman–Crippen LogP) is 1.90. The molecule has 0 spiro atoms. The fourth-order valence-corrected chi connectivity index (χ4v) is 1.73. The lowest BCUT2D eigenvalue weighted by atomic mass is 10.1. The number of halogens is 2. The summed E-state index contributed by atoms with van der Waals surface area (Å²) in [6.45, 7) is 0. The fourth-order valence-electron chi connectivity index (χ4n) is 1.73. The molecule has 0 aliphatic carbocycles. The van der Waals surface area contributed by atoms with Crippen LogP contribution in [0.15, 0.2) is 36.4 Å². The van der Waals surface area contributed by atoms with Gasteiger partial charge < -0.3 is 16.8 Å². The molecular weight excluding hydrogens is 280 g/mol. The zero-order valence-electron chi connectivity index (χ0n) is 10.7. The minimum atomic E-state index is -1.10. The van der Waals surface area contributed by atoms with Gasteiger partial charge in [0.25, 0.3) is 11.8 Å². The smallest absolute Gasteiger partial charge is 0.257 e. The van der Waals surface area contributed by atoms with E-state index in [2.05, 4.69) is 5.32 Å². The van der Waals surface area contributed by atoms with Gasteiger partial charge >= 0.3 is 0 Å². The van der Waals surface area contributed by atoms with Crippen LogP contribution in [-0.4, -0.2) is 11.8 Å². The summed E-state index contributed by atoms with van der Waals surface area (Å²) in [6.07, 6.45) is 0. The molecule has 108 valence electrons.